The number of nitrogens with two attached hydrogens (primary N) is 1. The van der Waals surface area contributed by atoms with Gasteiger partial charge < -0.3 is 10.5 Å². The Balaban J connectivity index is 1.97. The second-order valence-electron chi connectivity index (χ2n) is 4.43. The first-order valence-electron chi connectivity index (χ1n) is 5.85. The molecule has 3 rings (SSSR count). The van der Waals surface area contributed by atoms with Gasteiger partial charge in [0.1, 0.15) is 11.9 Å². The average Bonchev–Trinajstić information content (AvgIpc) is 2.92. The third-order valence-electron chi connectivity index (χ3n) is 3.04. The predicted octanol–water partition coefficient (Wildman–Crippen LogP) is 3.20. The topological polar surface area (TPSA) is 35.2 Å². The molecule has 0 saturated heterocycles. The molecule has 1 aliphatic rings. The SMILES string of the molecule is CC1Cc2cc(-c3ccc(CN)s3)ccc2O1. The fourth-order valence-electron chi connectivity index (χ4n) is 2.22. The quantitative estimate of drug-likeness (QED) is 0.881. The molecule has 0 saturated carbocycles. The van der Waals surface area contributed by atoms with Gasteiger partial charge in [0.25, 0.3) is 0 Å². The molecule has 17 heavy (non-hydrogen) atoms. The van der Waals surface area contributed by atoms with Crippen molar-refractivity contribution in [3.8, 4) is 16.2 Å². The van der Waals surface area contributed by atoms with Gasteiger partial charge in [-0.15, -0.1) is 11.3 Å². The maximum atomic E-state index is 5.71. The van der Waals surface area contributed by atoms with Crippen LogP contribution < -0.4 is 10.5 Å². The second kappa shape index (κ2) is 4.17. The first kappa shape index (κ1) is 10.8. The van der Waals surface area contributed by atoms with E-state index in [1.807, 2.05) is 0 Å². The number of ether oxygens (including phenoxy) is 1. The Bertz CT molecular complexity index is 547. The van der Waals surface area contributed by atoms with Crippen LogP contribution in [-0.4, -0.2) is 6.10 Å². The number of hydrogen-bond acceptors (Lipinski definition) is 3. The van der Waals surface area contributed by atoms with E-state index >= 15 is 0 Å². The molecule has 2 N–H and O–H groups in total. The lowest BCUT2D eigenvalue weighted by atomic mass is 10.1. The summed E-state index contributed by atoms with van der Waals surface area (Å²) in [6.45, 7) is 2.73. The third kappa shape index (κ3) is 1.96. The standard InChI is InChI=1S/C14H15NOS/c1-9-6-11-7-10(2-4-13(11)16-9)14-5-3-12(8-15)17-14/h2-5,7,9H,6,8,15H2,1H3. The van der Waals surface area contributed by atoms with Crippen molar-refractivity contribution in [1.29, 1.82) is 0 Å². The Kier molecular flexibility index (Phi) is 2.65. The van der Waals surface area contributed by atoms with Crippen LogP contribution >= 0.6 is 11.3 Å². The Hall–Kier alpha value is -1.32. The van der Waals surface area contributed by atoms with Crippen molar-refractivity contribution in [2.75, 3.05) is 0 Å². The molecule has 0 radical (unpaired) electrons. The minimum Gasteiger partial charge on any atom is -0.490 e. The van der Waals surface area contributed by atoms with E-state index in [4.69, 9.17) is 10.5 Å². The summed E-state index contributed by atoms with van der Waals surface area (Å²) in [6.07, 6.45) is 1.32. The minimum absolute atomic E-state index is 0.309. The van der Waals surface area contributed by atoms with Crippen molar-refractivity contribution in [3.05, 3.63) is 40.8 Å². The number of benzene rings is 1. The Labute approximate surface area is 105 Å². The zero-order valence-corrected chi connectivity index (χ0v) is 10.6. The summed E-state index contributed by atoms with van der Waals surface area (Å²) in [7, 11) is 0. The molecule has 88 valence electrons. The van der Waals surface area contributed by atoms with E-state index in [0.29, 0.717) is 12.6 Å². The van der Waals surface area contributed by atoms with Crippen molar-refractivity contribution < 1.29 is 4.74 Å². The van der Waals surface area contributed by atoms with Gasteiger partial charge in [-0.3, -0.25) is 0 Å². The highest BCUT2D eigenvalue weighted by atomic mass is 32.1. The lowest BCUT2D eigenvalue weighted by Crippen LogP contribution is -2.05. The summed E-state index contributed by atoms with van der Waals surface area (Å²) in [6, 6.07) is 10.7. The van der Waals surface area contributed by atoms with Gasteiger partial charge in [-0.05, 0) is 48.4 Å². The summed E-state index contributed by atoms with van der Waals surface area (Å²) in [5.41, 5.74) is 8.23. The van der Waals surface area contributed by atoms with E-state index in [2.05, 4.69) is 37.3 Å². The van der Waals surface area contributed by atoms with Gasteiger partial charge in [0.2, 0.25) is 0 Å². The lowest BCUT2D eigenvalue weighted by Gasteiger charge is -2.02. The largest absolute Gasteiger partial charge is 0.490 e. The fraction of sp³-hybridized carbons (Fsp3) is 0.286. The van der Waals surface area contributed by atoms with E-state index in [9.17, 15) is 0 Å². The average molecular weight is 245 g/mol. The Morgan fingerprint density at radius 1 is 1.35 bits per heavy atom. The molecule has 2 heterocycles. The molecule has 1 aromatic carbocycles. The van der Waals surface area contributed by atoms with Crippen molar-refractivity contribution in [2.24, 2.45) is 5.73 Å². The van der Waals surface area contributed by atoms with E-state index in [1.165, 1.54) is 20.9 Å². The number of rotatable bonds is 2. The zero-order chi connectivity index (χ0) is 11.8. The molecular weight excluding hydrogens is 230 g/mol. The van der Waals surface area contributed by atoms with Crippen LogP contribution in [0.4, 0.5) is 0 Å². The smallest absolute Gasteiger partial charge is 0.123 e. The molecule has 0 spiro atoms. The van der Waals surface area contributed by atoms with E-state index in [1.54, 1.807) is 11.3 Å². The van der Waals surface area contributed by atoms with Gasteiger partial charge in [-0.2, -0.15) is 0 Å². The molecular formula is C14H15NOS. The molecule has 0 fully saturated rings. The Morgan fingerprint density at radius 2 is 2.24 bits per heavy atom. The lowest BCUT2D eigenvalue weighted by molar-refractivity contribution is 0.254. The van der Waals surface area contributed by atoms with Crippen molar-refractivity contribution in [2.45, 2.75) is 26.0 Å². The first-order chi connectivity index (χ1) is 8.26. The van der Waals surface area contributed by atoms with Crippen molar-refractivity contribution in [3.63, 3.8) is 0 Å². The molecule has 0 amide bonds. The van der Waals surface area contributed by atoms with Crippen LogP contribution in [0.25, 0.3) is 10.4 Å². The monoisotopic (exact) mass is 245 g/mol. The molecule has 1 aliphatic heterocycles. The van der Waals surface area contributed by atoms with Gasteiger partial charge >= 0.3 is 0 Å². The zero-order valence-electron chi connectivity index (χ0n) is 9.77. The van der Waals surface area contributed by atoms with Gasteiger partial charge in [-0.1, -0.05) is 0 Å². The van der Waals surface area contributed by atoms with Crippen LogP contribution in [0.15, 0.2) is 30.3 Å². The van der Waals surface area contributed by atoms with Gasteiger partial charge in [-0.25, -0.2) is 0 Å². The summed E-state index contributed by atoms with van der Waals surface area (Å²) < 4.78 is 5.71. The molecule has 1 atom stereocenters. The first-order valence-corrected chi connectivity index (χ1v) is 6.66. The highest BCUT2D eigenvalue weighted by Crippen LogP contribution is 2.35. The summed E-state index contributed by atoms with van der Waals surface area (Å²) in [4.78, 5) is 2.51. The van der Waals surface area contributed by atoms with E-state index in [0.717, 1.165) is 12.2 Å². The molecule has 0 aliphatic carbocycles. The number of thiophene rings is 1. The second-order valence-corrected chi connectivity index (χ2v) is 5.59. The normalized spacial score (nSPS) is 17.9. The van der Waals surface area contributed by atoms with Crippen LogP contribution in [0.2, 0.25) is 0 Å². The van der Waals surface area contributed by atoms with Crippen LogP contribution in [0.5, 0.6) is 5.75 Å². The molecule has 1 unspecified atom stereocenters. The van der Waals surface area contributed by atoms with Gasteiger partial charge in [0.15, 0.2) is 0 Å². The third-order valence-corrected chi connectivity index (χ3v) is 4.20. The van der Waals surface area contributed by atoms with Crippen LogP contribution in [0.1, 0.15) is 17.4 Å². The number of fused-ring (bicyclic) bond motifs is 1. The fourth-order valence-corrected chi connectivity index (χ4v) is 3.10. The van der Waals surface area contributed by atoms with E-state index < -0.39 is 0 Å². The van der Waals surface area contributed by atoms with Crippen molar-refractivity contribution in [1.82, 2.24) is 0 Å². The van der Waals surface area contributed by atoms with Crippen molar-refractivity contribution >= 4 is 11.3 Å². The molecule has 3 heteroatoms. The maximum Gasteiger partial charge on any atom is 0.123 e. The van der Waals surface area contributed by atoms with Crippen LogP contribution in [0, 0.1) is 0 Å². The maximum absolute atomic E-state index is 5.71. The predicted molar refractivity (Wildman–Crippen MR) is 71.4 cm³/mol. The molecule has 0 bridgehead atoms. The summed E-state index contributed by atoms with van der Waals surface area (Å²) >= 11 is 1.77. The van der Waals surface area contributed by atoms with E-state index in [-0.39, 0.29) is 0 Å². The summed E-state index contributed by atoms with van der Waals surface area (Å²) in [5, 5.41) is 0. The van der Waals surface area contributed by atoms with Gasteiger partial charge in [0, 0.05) is 22.7 Å². The van der Waals surface area contributed by atoms with Crippen LogP contribution in [0.3, 0.4) is 0 Å². The molecule has 2 aromatic rings. The summed E-state index contributed by atoms with van der Waals surface area (Å²) in [5.74, 6) is 1.04. The van der Waals surface area contributed by atoms with Gasteiger partial charge in [0.05, 0.1) is 0 Å². The highest BCUT2D eigenvalue weighted by molar-refractivity contribution is 7.15. The Morgan fingerprint density at radius 3 is 3.00 bits per heavy atom. The molecule has 1 aromatic heterocycles. The molecule has 2 nitrogen and oxygen atoms in total. The van der Waals surface area contributed by atoms with Crippen LogP contribution in [-0.2, 0) is 13.0 Å². The minimum atomic E-state index is 0.309. The number of hydrogen-bond donors (Lipinski definition) is 1. The highest BCUT2D eigenvalue weighted by Gasteiger charge is 2.19.